The van der Waals surface area contributed by atoms with Crippen molar-refractivity contribution in [1.82, 2.24) is 4.31 Å². The van der Waals surface area contributed by atoms with Crippen LogP contribution < -0.4 is 0 Å². The van der Waals surface area contributed by atoms with E-state index in [-0.39, 0.29) is 0 Å². The van der Waals surface area contributed by atoms with E-state index in [0.29, 0.717) is 11.3 Å². The van der Waals surface area contributed by atoms with Crippen LogP contribution in [0.15, 0.2) is 11.1 Å². The summed E-state index contributed by atoms with van der Waals surface area (Å²) < 4.78 is 2.23. The summed E-state index contributed by atoms with van der Waals surface area (Å²) in [7, 11) is 0. The van der Waals surface area contributed by atoms with Crippen LogP contribution in [-0.4, -0.2) is 17.4 Å². The molecular weight excluding hydrogens is 226 g/mol. The Morgan fingerprint density at radius 3 is 2.41 bits per heavy atom. The number of nitrogens with zero attached hydrogens (tertiary/aromatic N) is 1. The summed E-state index contributed by atoms with van der Waals surface area (Å²) in [6, 6.07) is 0. The molecule has 0 N–H and O–H groups in total. The van der Waals surface area contributed by atoms with Crippen molar-refractivity contribution < 1.29 is 0 Å². The molecule has 0 radical (unpaired) electrons. The lowest BCUT2D eigenvalue weighted by Gasteiger charge is -2.41. The number of hydrogen-bond donors (Lipinski definition) is 1. The average molecular weight is 255 g/mol. The maximum Gasteiger partial charge on any atom is 0.0181 e. The average Bonchev–Trinajstić information content (AvgIpc) is 2.58. The second-order valence-corrected chi connectivity index (χ2v) is 6.19. The van der Waals surface area contributed by atoms with E-state index in [2.05, 4.69) is 37.9 Å². The molecule has 2 rings (SSSR count). The van der Waals surface area contributed by atoms with Crippen LogP contribution in [0.4, 0.5) is 0 Å². The van der Waals surface area contributed by atoms with Crippen molar-refractivity contribution in [2.45, 2.75) is 60.3 Å². The molecule has 2 heteroatoms. The number of hydrogen-bond acceptors (Lipinski definition) is 2. The van der Waals surface area contributed by atoms with Gasteiger partial charge in [0, 0.05) is 18.5 Å². The second-order valence-electron chi connectivity index (χ2n) is 5.62. The van der Waals surface area contributed by atoms with Gasteiger partial charge >= 0.3 is 0 Å². The predicted octanol–water partition coefficient (Wildman–Crippen LogP) is 4.71. The van der Waals surface area contributed by atoms with E-state index in [1.165, 1.54) is 32.2 Å². The monoisotopic (exact) mass is 255 g/mol. The van der Waals surface area contributed by atoms with E-state index in [1.54, 1.807) is 11.1 Å². The Kier molecular flexibility index (Phi) is 5.59. The van der Waals surface area contributed by atoms with Gasteiger partial charge in [0.05, 0.1) is 0 Å². The van der Waals surface area contributed by atoms with E-state index < -0.39 is 0 Å². The third-order valence-corrected chi connectivity index (χ3v) is 4.49. The van der Waals surface area contributed by atoms with Crippen molar-refractivity contribution in [2.24, 2.45) is 11.3 Å². The van der Waals surface area contributed by atoms with Gasteiger partial charge in [0.15, 0.2) is 0 Å². The Morgan fingerprint density at radius 1 is 1.24 bits per heavy atom. The molecule has 100 valence electrons. The van der Waals surface area contributed by atoms with E-state index in [0.717, 1.165) is 6.54 Å². The third kappa shape index (κ3) is 3.08. The number of allylic oxidation sites excluding steroid dienone is 1. The molecule has 1 spiro atoms. The van der Waals surface area contributed by atoms with E-state index >= 15 is 0 Å². The molecule has 0 aromatic rings. The van der Waals surface area contributed by atoms with Crippen LogP contribution in [-0.2, 0) is 0 Å². The molecular formula is C15H29NS. The van der Waals surface area contributed by atoms with Gasteiger partial charge < -0.3 is 0 Å². The molecule has 0 aromatic carbocycles. The second kappa shape index (κ2) is 6.29. The Bertz CT molecular complexity index is 283. The fraction of sp³-hybridized carbons (Fsp3) is 0.867. The van der Waals surface area contributed by atoms with Crippen LogP contribution in [0, 0.1) is 11.3 Å². The highest BCUT2D eigenvalue weighted by Gasteiger charge is 2.42. The van der Waals surface area contributed by atoms with E-state index in [9.17, 15) is 0 Å². The largest absolute Gasteiger partial charge is 0.252 e. The molecule has 0 aromatic heterocycles. The maximum atomic E-state index is 4.56. The first kappa shape index (κ1) is 15.1. The Balaban J connectivity index is 0.000000686. The normalized spacial score (nSPS) is 29.8. The van der Waals surface area contributed by atoms with Gasteiger partial charge in [-0.1, -0.05) is 51.7 Å². The first-order valence-electron chi connectivity index (χ1n) is 7.19. The predicted molar refractivity (Wildman–Crippen MR) is 80.3 cm³/mol. The summed E-state index contributed by atoms with van der Waals surface area (Å²) in [5, 5.41) is 0. The summed E-state index contributed by atoms with van der Waals surface area (Å²) in [5.41, 5.74) is 3.90. The topological polar surface area (TPSA) is 3.24 Å². The quantitative estimate of drug-likeness (QED) is 0.525. The maximum absolute atomic E-state index is 4.56. The van der Waals surface area contributed by atoms with Gasteiger partial charge in [-0.25, -0.2) is 0 Å². The van der Waals surface area contributed by atoms with Gasteiger partial charge in [0.25, 0.3) is 0 Å². The minimum Gasteiger partial charge on any atom is -0.252 e. The van der Waals surface area contributed by atoms with Crippen LogP contribution in [0.1, 0.15) is 60.3 Å². The lowest BCUT2D eigenvalue weighted by Crippen LogP contribution is -2.39. The SMILES string of the molecule is CC.CC1=C(C(C)C)C2(CCCN(S)C2)CC1. The van der Waals surface area contributed by atoms with Crippen LogP contribution in [0.25, 0.3) is 0 Å². The smallest absolute Gasteiger partial charge is 0.0181 e. The lowest BCUT2D eigenvalue weighted by atomic mass is 9.71. The minimum absolute atomic E-state index is 0.484. The molecule has 1 fully saturated rings. The minimum atomic E-state index is 0.484. The van der Waals surface area contributed by atoms with Crippen molar-refractivity contribution in [3.05, 3.63) is 11.1 Å². The zero-order valence-corrected chi connectivity index (χ0v) is 13.1. The Hall–Kier alpha value is 0.0500. The summed E-state index contributed by atoms with van der Waals surface area (Å²) >= 11 is 4.56. The molecule has 0 amide bonds. The number of thiol groups is 1. The van der Waals surface area contributed by atoms with Crippen LogP contribution in [0.2, 0.25) is 0 Å². The van der Waals surface area contributed by atoms with Crippen molar-refractivity contribution in [2.75, 3.05) is 13.1 Å². The highest BCUT2D eigenvalue weighted by atomic mass is 32.1. The fourth-order valence-corrected chi connectivity index (χ4v) is 4.20. The molecule has 0 bridgehead atoms. The van der Waals surface area contributed by atoms with Crippen LogP contribution >= 0.6 is 12.8 Å². The zero-order chi connectivity index (χ0) is 13.1. The van der Waals surface area contributed by atoms with Gasteiger partial charge in [-0.15, -0.1) is 0 Å². The van der Waals surface area contributed by atoms with Gasteiger partial charge in [0.2, 0.25) is 0 Å². The van der Waals surface area contributed by atoms with Crippen molar-refractivity contribution in [3.63, 3.8) is 0 Å². The molecule has 1 nitrogen and oxygen atoms in total. The van der Waals surface area contributed by atoms with Crippen LogP contribution in [0.5, 0.6) is 0 Å². The molecule has 1 heterocycles. The first-order chi connectivity index (χ1) is 8.05. The molecule has 1 aliphatic carbocycles. The Morgan fingerprint density at radius 2 is 1.88 bits per heavy atom. The molecule has 17 heavy (non-hydrogen) atoms. The highest BCUT2D eigenvalue weighted by Crippen LogP contribution is 2.51. The highest BCUT2D eigenvalue weighted by molar-refractivity contribution is 7.77. The lowest BCUT2D eigenvalue weighted by molar-refractivity contribution is 0.185. The van der Waals surface area contributed by atoms with Crippen molar-refractivity contribution >= 4 is 12.8 Å². The molecule has 1 aliphatic heterocycles. The van der Waals surface area contributed by atoms with Crippen LogP contribution in [0.3, 0.4) is 0 Å². The summed E-state index contributed by atoms with van der Waals surface area (Å²) in [5.74, 6) is 0.715. The van der Waals surface area contributed by atoms with Crippen molar-refractivity contribution in [1.29, 1.82) is 0 Å². The molecule has 1 unspecified atom stereocenters. The summed E-state index contributed by atoms with van der Waals surface area (Å²) in [6.07, 6.45) is 5.38. The number of piperidine rings is 1. The standard InChI is InChI=1S/C13H23NS.C2H6/c1-10(2)12-11(3)5-7-13(12)6-4-8-14(15)9-13;1-2/h10,15H,4-9H2,1-3H3;1-2H3. The molecule has 0 saturated carbocycles. The van der Waals surface area contributed by atoms with Gasteiger partial charge in [0.1, 0.15) is 0 Å². The first-order valence-corrected chi connectivity index (χ1v) is 7.59. The van der Waals surface area contributed by atoms with E-state index in [1.807, 2.05) is 13.8 Å². The van der Waals surface area contributed by atoms with Gasteiger partial charge in [-0.05, 0) is 38.5 Å². The molecule has 1 saturated heterocycles. The fourth-order valence-electron chi connectivity index (χ4n) is 3.79. The van der Waals surface area contributed by atoms with E-state index in [4.69, 9.17) is 0 Å². The van der Waals surface area contributed by atoms with Crippen molar-refractivity contribution in [3.8, 4) is 0 Å². The summed E-state index contributed by atoms with van der Waals surface area (Å²) in [6.45, 7) is 13.4. The molecule has 2 aliphatic rings. The van der Waals surface area contributed by atoms with Gasteiger partial charge in [-0.3, -0.25) is 4.31 Å². The summed E-state index contributed by atoms with van der Waals surface area (Å²) in [4.78, 5) is 0. The Labute approximate surface area is 113 Å². The third-order valence-electron chi connectivity index (χ3n) is 4.14. The number of rotatable bonds is 1. The molecule has 1 atom stereocenters. The van der Waals surface area contributed by atoms with Gasteiger partial charge in [-0.2, -0.15) is 0 Å². The zero-order valence-electron chi connectivity index (χ0n) is 12.2.